The van der Waals surface area contributed by atoms with Crippen LogP contribution in [0.1, 0.15) is 12.5 Å². The first-order valence-corrected chi connectivity index (χ1v) is 5.43. The Kier molecular flexibility index (Phi) is 2.78. The van der Waals surface area contributed by atoms with Crippen molar-refractivity contribution in [2.24, 2.45) is 0 Å². The average molecular weight is 254 g/mol. The molecule has 1 aromatic carbocycles. The lowest BCUT2D eigenvalue weighted by atomic mass is 10.0. The molecule has 0 bridgehead atoms. The normalized spacial score (nSPS) is 16.8. The van der Waals surface area contributed by atoms with E-state index in [1.54, 1.807) is 25.1 Å². The average Bonchev–Trinajstić information content (AvgIpc) is 2.52. The molecule has 0 aromatic heterocycles. The van der Waals surface area contributed by atoms with Gasteiger partial charge in [-0.25, -0.2) is 0 Å². The second-order valence-corrected chi connectivity index (χ2v) is 4.44. The SMILES string of the molecule is C=C(Cl)/C(C)=C1\C(=O)Nc2ccc(Cl)cc21. The summed E-state index contributed by atoms with van der Waals surface area (Å²) in [5.41, 5.74) is 2.73. The maximum atomic E-state index is 11.8. The highest BCUT2D eigenvalue weighted by molar-refractivity contribution is 6.38. The number of benzene rings is 1. The number of fused-ring (bicyclic) bond motifs is 1. The molecule has 0 unspecified atom stereocenters. The summed E-state index contributed by atoms with van der Waals surface area (Å²) in [4.78, 5) is 11.8. The van der Waals surface area contributed by atoms with Gasteiger partial charge in [0.25, 0.3) is 5.91 Å². The third kappa shape index (κ3) is 1.75. The highest BCUT2D eigenvalue weighted by atomic mass is 35.5. The maximum Gasteiger partial charge on any atom is 0.256 e. The summed E-state index contributed by atoms with van der Waals surface area (Å²) in [5.74, 6) is -0.170. The van der Waals surface area contributed by atoms with E-state index in [-0.39, 0.29) is 5.91 Å². The number of anilines is 1. The molecule has 1 aromatic rings. The molecule has 1 aliphatic rings. The van der Waals surface area contributed by atoms with Crippen LogP contribution in [-0.4, -0.2) is 5.91 Å². The molecule has 1 N–H and O–H groups in total. The van der Waals surface area contributed by atoms with Gasteiger partial charge in [0.1, 0.15) is 0 Å². The summed E-state index contributed by atoms with van der Waals surface area (Å²) >= 11 is 11.7. The van der Waals surface area contributed by atoms with Crippen LogP contribution in [0.4, 0.5) is 5.69 Å². The van der Waals surface area contributed by atoms with Gasteiger partial charge in [0.15, 0.2) is 0 Å². The van der Waals surface area contributed by atoms with E-state index >= 15 is 0 Å². The van der Waals surface area contributed by atoms with Gasteiger partial charge >= 0.3 is 0 Å². The zero-order valence-corrected chi connectivity index (χ0v) is 10.1. The highest BCUT2D eigenvalue weighted by Crippen LogP contribution is 2.37. The van der Waals surface area contributed by atoms with Crippen molar-refractivity contribution in [1.82, 2.24) is 0 Å². The van der Waals surface area contributed by atoms with Crippen LogP contribution in [0, 0.1) is 0 Å². The number of carbonyl (C=O) groups excluding carboxylic acids is 1. The van der Waals surface area contributed by atoms with Gasteiger partial charge in [-0.15, -0.1) is 0 Å². The lowest BCUT2D eigenvalue weighted by Gasteiger charge is -2.03. The second-order valence-electron chi connectivity index (χ2n) is 3.55. The van der Waals surface area contributed by atoms with Gasteiger partial charge in [-0.3, -0.25) is 4.79 Å². The van der Waals surface area contributed by atoms with Crippen LogP contribution < -0.4 is 5.32 Å². The van der Waals surface area contributed by atoms with Crippen LogP contribution >= 0.6 is 23.2 Å². The molecule has 2 rings (SSSR count). The Labute approximate surface area is 104 Å². The number of hydrogen-bond donors (Lipinski definition) is 1. The van der Waals surface area contributed by atoms with Crippen molar-refractivity contribution in [2.45, 2.75) is 6.92 Å². The number of nitrogens with one attached hydrogen (secondary N) is 1. The number of rotatable bonds is 1. The van der Waals surface area contributed by atoms with Gasteiger partial charge in [0, 0.05) is 21.3 Å². The van der Waals surface area contributed by atoms with Crippen LogP contribution in [0.3, 0.4) is 0 Å². The number of allylic oxidation sites excluding steroid dienone is 2. The Balaban J connectivity index is 2.68. The summed E-state index contributed by atoms with van der Waals surface area (Å²) in [6.45, 7) is 5.39. The minimum atomic E-state index is -0.170. The molecule has 16 heavy (non-hydrogen) atoms. The number of halogens is 2. The van der Waals surface area contributed by atoms with Crippen molar-refractivity contribution >= 4 is 40.4 Å². The molecule has 0 atom stereocenters. The van der Waals surface area contributed by atoms with E-state index in [0.29, 0.717) is 21.2 Å². The Morgan fingerprint density at radius 2 is 2.12 bits per heavy atom. The van der Waals surface area contributed by atoms with Crippen LogP contribution in [0.15, 0.2) is 35.4 Å². The first-order chi connectivity index (χ1) is 7.50. The summed E-state index contributed by atoms with van der Waals surface area (Å²) in [6, 6.07) is 5.24. The van der Waals surface area contributed by atoms with Crippen molar-refractivity contribution in [1.29, 1.82) is 0 Å². The molecule has 0 saturated carbocycles. The molecular formula is C12H9Cl2NO. The number of amides is 1. The fourth-order valence-electron chi connectivity index (χ4n) is 1.65. The lowest BCUT2D eigenvalue weighted by molar-refractivity contribution is -0.110. The van der Waals surface area contributed by atoms with Gasteiger partial charge < -0.3 is 5.32 Å². The van der Waals surface area contributed by atoms with E-state index in [0.717, 1.165) is 11.3 Å². The Morgan fingerprint density at radius 1 is 1.44 bits per heavy atom. The molecule has 2 nitrogen and oxygen atoms in total. The maximum absolute atomic E-state index is 11.8. The predicted molar refractivity (Wildman–Crippen MR) is 67.7 cm³/mol. The molecular weight excluding hydrogens is 245 g/mol. The third-order valence-electron chi connectivity index (χ3n) is 2.51. The minimum absolute atomic E-state index is 0.170. The first kappa shape index (κ1) is 11.2. The molecule has 4 heteroatoms. The molecule has 0 fully saturated rings. The van der Waals surface area contributed by atoms with E-state index in [2.05, 4.69) is 11.9 Å². The van der Waals surface area contributed by atoms with Crippen molar-refractivity contribution in [2.75, 3.05) is 5.32 Å². The molecule has 0 aliphatic carbocycles. The van der Waals surface area contributed by atoms with E-state index in [9.17, 15) is 4.79 Å². The van der Waals surface area contributed by atoms with E-state index < -0.39 is 0 Å². The second kappa shape index (κ2) is 3.96. The Bertz CT molecular complexity index is 532. The minimum Gasteiger partial charge on any atom is -0.321 e. The van der Waals surface area contributed by atoms with Crippen LogP contribution in [0.2, 0.25) is 5.02 Å². The van der Waals surface area contributed by atoms with Gasteiger partial charge in [-0.2, -0.15) is 0 Å². The molecule has 1 aliphatic heterocycles. The molecule has 0 spiro atoms. The Morgan fingerprint density at radius 3 is 2.75 bits per heavy atom. The van der Waals surface area contributed by atoms with Gasteiger partial charge in [-0.05, 0) is 30.7 Å². The number of carbonyl (C=O) groups is 1. The smallest absolute Gasteiger partial charge is 0.256 e. The van der Waals surface area contributed by atoms with Crippen LogP contribution in [0.5, 0.6) is 0 Å². The lowest BCUT2D eigenvalue weighted by Crippen LogP contribution is -2.05. The van der Waals surface area contributed by atoms with Crippen LogP contribution in [0.25, 0.3) is 5.57 Å². The topological polar surface area (TPSA) is 29.1 Å². The zero-order chi connectivity index (χ0) is 11.9. The molecule has 0 saturated heterocycles. The van der Waals surface area contributed by atoms with E-state index in [1.165, 1.54) is 0 Å². The third-order valence-corrected chi connectivity index (χ3v) is 3.03. The van der Waals surface area contributed by atoms with Crippen molar-refractivity contribution in [3.05, 3.63) is 46.0 Å². The summed E-state index contributed by atoms with van der Waals surface area (Å²) < 4.78 is 0. The van der Waals surface area contributed by atoms with E-state index in [1.807, 2.05) is 0 Å². The van der Waals surface area contributed by atoms with Crippen molar-refractivity contribution in [3.8, 4) is 0 Å². The summed E-state index contributed by atoms with van der Waals surface area (Å²) in [7, 11) is 0. The summed E-state index contributed by atoms with van der Waals surface area (Å²) in [6.07, 6.45) is 0. The fourth-order valence-corrected chi connectivity index (χ4v) is 1.91. The predicted octanol–water partition coefficient (Wildman–Crippen LogP) is 3.82. The molecule has 82 valence electrons. The molecule has 1 heterocycles. The van der Waals surface area contributed by atoms with Crippen molar-refractivity contribution < 1.29 is 4.79 Å². The highest BCUT2D eigenvalue weighted by Gasteiger charge is 2.26. The van der Waals surface area contributed by atoms with Gasteiger partial charge in [-0.1, -0.05) is 29.8 Å². The zero-order valence-electron chi connectivity index (χ0n) is 8.60. The molecule has 0 radical (unpaired) electrons. The van der Waals surface area contributed by atoms with Gasteiger partial charge in [0.2, 0.25) is 0 Å². The quantitative estimate of drug-likeness (QED) is 0.758. The van der Waals surface area contributed by atoms with Crippen LogP contribution in [-0.2, 0) is 4.79 Å². The molecule has 1 amide bonds. The largest absolute Gasteiger partial charge is 0.321 e. The van der Waals surface area contributed by atoms with Gasteiger partial charge in [0.05, 0.1) is 5.57 Å². The number of hydrogen-bond acceptors (Lipinski definition) is 1. The van der Waals surface area contributed by atoms with Crippen molar-refractivity contribution in [3.63, 3.8) is 0 Å². The van der Waals surface area contributed by atoms with E-state index in [4.69, 9.17) is 23.2 Å². The summed E-state index contributed by atoms with van der Waals surface area (Å²) in [5, 5.41) is 3.70. The Hall–Kier alpha value is -1.25. The monoisotopic (exact) mass is 253 g/mol. The first-order valence-electron chi connectivity index (χ1n) is 4.67. The fraction of sp³-hybridized carbons (Fsp3) is 0.0833. The standard InChI is InChI=1S/C12H9Cl2NO/c1-6(7(2)13)11-9-5-8(14)3-4-10(9)15-12(11)16/h3-5H,2H2,1H3,(H,15,16)/b11-6-.